The van der Waals surface area contributed by atoms with Crippen molar-refractivity contribution >= 4 is 12.1 Å². The summed E-state index contributed by atoms with van der Waals surface area (Å²) in [6.45, 7) is 4.99. The summed E-state index contributed by atoms with van der Waals surface area (Å²) >= 11 is 0. The molecular formula is C15H21NO5. The van der Waals surface area contributed by atoms with Gasteiger partial charge in [0.25, 0.3) is 0 Å². The summed E-state index contributed by atoms with van der Waals surface area (Å²) in [5.74, 6) is -0.442. The Balaban J connectivity index is 2.76. The fraction of sp³-hybridized carbons (Fsp3) is 0.467. The van der Waals surface area contributed by atoms with Gasteiger partial charge in [-0.25, -0.2) is 9.59 Å². The standard InChI is InChI=1S/C15H21NO5/c1-15(2,3)21-14(19)16-12(9-17)10-5-7-11(8-6-10)13(18)20-4/h5-8,12,17H,9H2,1-4H3,(H,16,19)/t12-/m0/s1. The summed E-state index contributed by atoms with van der Waals surface area (Å²) in [6, 6.07) is 5.82. The van der Waals surface area contributed by atoms with E-state index in [1.54, 1.807) is 45.0 Å². The first-order valence-corrected chi connectivity index (χ1v) is 6.55. The Kier molecular flexibility index (Phi) is 5.72. The van der Waals surface area contributed by atoms with Crippen molar-refractivity contribution in [1.29, 1.82) is 0 Å². The predicted octanol–water partition coefficient (Wildman–Crippen LogP) is 2.03. The van der Waals surface area contributed by atoms with Gasteiger partial charge in [-0.3, -0.25) is 0 Å². The van der Waals surface area contributed by atoms with E-state index in [0.717, 1.165) is 0 Å². The second-order valence-corrected chi connectivity index (χ2v) is 5.49. The quantitative estimate of drug-likeness (QED) is 0.830. The number of methoxy groups -OCH3 is 1. The maximum absolute atomic E-state index is 11.7. The highest BCUT2D eigenvalue weighted by Crippen LogP contribution is 2.15. The lowest BCUT2D eigenvalue weighted by Crippen LogP contribution is -2.36. The molecule has 1 rings (SSSR count). The minimum Gasteiger partial charge on any atom is -0.465 e. The van der Waals surface area contributed by atoms with Gasteiger partial charge in [0.15, 0.2) is 0 Å². The molecule has 0 unspecified atom stereocenters. The smallest absolute Gasteiger partial charge is 0.408 e. The average Bonchev–Trinajstić information content (AvgIpc) is 2.42. The molecular weight excluding hydrogens is 274 g/mol. The van der Waals surface area contributed by atoms with Crippen LogP contribution in [0.5, 0.6) is 0 Å². The molecule has 1 atom stereocenters. The lowest BCUT2D eigenvalue weighted by Gasteiger charge is -2.23. The minimum atomic E-state index is -0.612. The van der Waals surface area contributed by atoms with Crippen LogP contribution in [0.25, 0.3) is 0 Å². The monoisotopic (exact) mass is 295 g/mol. The van der Waals surface area contributed by atoms with Crippen LogP contribution < -0.4 is 5.32 Å². The molecule has 0 fully saturated rings. The molecule has 1 aromatic rings. The number of benzene rings is 1. The van der Waals surface area contributed by atoms with Crippen LogP contribution in [0.3, 0.4) is 0 Å². The molecule has 0 aliphatic heterocycles. The third-order valence-corrected chi connectivity index (χ3v) is 2.61. The van der Waals surface area contributed by atoms with Gasteiger partial charge in [-0.1, -0.05) is 12.1 Å². The van der Waals surface area contributed by atoms with E-state index in [1.807, 2.05) is 0 Å². The molecule has 116 valence electrons. The maximum atomic E-state index is 11.7. The van der Waals surface area contributed by atoms with Crippen LogP contribution in [-0.2, 0) is 9.47 Å². The number of esters is 1. The summed E-state index contributed by atoms with van der Waals surface area (Å²) in [5, 5.41) is 12.0. The molecule has 0 aliphatic rings. The molecule has 0 aliphatic carbocycles. The van der Waals surface area contributed by atoms with E-state index >= 15 is 0 Å². The van der Waals surface area contributed by atoms with Crippen molar-refractivity contribution < 1.29 is 24.2 Å². The van der Waals surface area contributed by atoms with E-state index in [-0.39, 0.29) is 6.61 Å². The van der Waals surface area contributed by atoms with Gasteiger partial charge < -0.3 is 19.9 Å². The zero-order chi connectivity index (χ0) is 16.0. The van der Waals surface area contributed by atoms with Gasteiger partial charge in [0.05, 0.1) is 25.3 Å². The van der Waals surface area contributed by atoms with Gasteiger partial charge in [0, 0.05) is 0 Å². The Morgan fingerprint density at radius 2 is 1.81 bits per heavy atom. The number of hydrogen-bond acceptors (Lipinski definition) is 5. The first-order chi connectivity index (χ1) is 9.76. The highest BCUT2D eigenvalue weighted by molar-refractivity contribution is 5.89. The normalized spacial score (nSPS) is 12.4. The second kappa shape index (κ2) is 7.08. The van der Waals surface area contributed by atoms with Crippen molar-refractivity contribution in [2.45, 2.75) is 32.4 Å². The van der Waals surface area contributed by atoms with Crippen LogP contribution in [0.4, 0.5) is 4.79 Å². The van der Waals surface area contributed by atoms with Gasteiger partial charge >= 0.3 is 12.1 Å². The molecule has 2 N–H and O–H groups in total. The van der Waals surface area contributed by atoms with E-state index in [1.165, 1.54) is 7.11 Å². The van der Waals surface area contributed by atoms with E-state index in [0.29, 0.717) is 11.1 Å². The van der Waals surface area contributed by atoms with E-state index in [2.05, 4.69) is 10.1 Å². The van der Waals surface area contributed by atoms with Crippen LogP contribution in [-0.4, -0.2) is 36.5 Å². The van der Waals surface area contributed by atoms with Gasteiger partial charge in [0.1, 0.15) is 5.60 Å². The van der Waals surface area contributed by atoms with E-state index in [4.69, 9.17) is 4.74 Å². The Morgan fingerprint density at radius 3 is 2.24 bits per heavy atom. The number of hydrogen-bond donors (Lipinski definition) is 2. The lowest BCUT2D eigenvalue weighted by atomic mass is 10.1. The first kappa shape index (κ1) is 17.0. The number of ether oxygens (including phenoxy) is 2. The number of carbonyl (C=O) groups is 2. The summed E-state index contributed by atoms with van der Waals surface area (Å²) in [6.07, 6.45) is -0.612. The topological polar surface area (TPSA) is 84.9 Å². The van der Waals surface area contributed by atoms with Crippen molar-refractivity contribution in [3.63, 3.8) is 0 Å². The Morgan fingerprint density at radius 1 is 1.24 bits per heavy atom. The first-order valence-electron chi connectivity index (χ1n) is 6.55. The molecule has 0 radical (unpaired) electrons. The summed E-state index contributed by atoms with van der Waals surface area (Å²) in [4.78, 5) is 23.0. The SMILES string of the molecule is COC(=O)c1ccc([C@H](CO)NC(=O)OC(C)(C)C)cc1. The van der Waals surface area contributed by atoms with Gasteiger partial charge in [0.2, 0.25) is 0 Å². The summed E-state index contributed by atoms with van der Waals surface area (Å²) < 4.78 is 9.74. The molecule has 0 saturated carbocycles. The number of nitrogens with one attached hydrogen (secondary N) is 1. The summed E-state index contributed by atoms with van der Waals surface area (Å²) in [7, 11) is 1.30. The van der Waals surface area contributed by atoms with Crippen molar-refractivity contribution in [3.05, 3.63) is 35.4 Å². The third kappa shape index (κ3) is 5.43. The van der Waals surface area contributed by atoms with Crippen LogP contribution >= 0.6 is 0 Å². The second-order valence-electron chi connectivity index (χ2n) is 5.49. The zero-order valence-electron chi connectivity index (χ0n) is 12.7. The molecule has 6 nitrogen and oxygen atoms in total. The van der Waals surface area contributed by atoms with Crippen LogP contribution in [0.2, 0.25) is 0 Å². The summed E-state index contributed by atoms with van der Waals surface area (Å²) in [5.41, 5.74) is 0.449. The van der Waals surface area contributed by atoms with Crippen molar-refractivity contribution in [2.24, 2.45) is 0 Å². The molecule has 0 aromatic heterocycles. The zero-order valence-corrected chi connectivity index (χ0v) is 12.7. The van der Waals surface area contributed by atoms with Gasteiger partial charge in [-0.15, -0.1) is 0 Å². The number of aliphatic hydroxyl groups is 1. The van der Waals surface area contributed by atoms with Crippen LogP contribution in [0, 0.1) is 0 Å². The van der Waals surface area contributed by atoms with Gasteiger partial charge in [-0.2, -0.15) is 0 Å². The largest absolute Gasteiger partial charge is 0.465 e. The van der Waals surface area contributed by atoms with E-state index < -0.39 is 23.7 Å². The molecule has 21 heavy (non-hydrogen) atoms. The maximum Gasteiger partial charge on any atom is 0.408 e. The molecule has 6 heteroatoms. The van der Waals surface area contributed by atoms with Crippen LogP contribution in [0.15, 0.2) is 24.3 Å². The lowest BCUT2D eigenvalue weighted by molar-refractivity contribution is 0.0480. The highest BCUT2D eigenvalue weighted by Gasteiger charge is 2.20. The number of aliphatic hydroxyl groups excluding tert-OH is 1. The fourth-order valence-corrected chi connectivity index (χ4v) is 1.65. The molecule has 1 aromatic carbocycles. The number of carbonyl (C=O) groups excluding carboxylic acids is 2. The van der Waals surface area contributed by atoms with Gasteiger partial charge in [-0.05, 0) is 38.5 Å². The molecule has 0 heterocycles. The average molecular weight is 295 g/mol. The minimum absolute atomic E-state index is 0.281. The molecule has 0 bridgehead atoms. The number of rotatable bonds is 4. The number of amides is 1. The molecule has 1 amide bonds. The van der Waals surface area contributed by atoms with Crippen molar-refractivity contribution in [1.82, 2.24) is 5.32 Å². The Bertz CT molecular complexity index is 490. The van der Waals surface area contributed by atoms with Crippen molar-refractivity contribution in [2.75, 3.05) is 13.7 Å². The Hall–Kier alpha value is -2.08. The van der Waals surface area contributed by atoms with E-state index in [9.17, 15) is 14.7 Å². The molecule has 0 spiro atoms. The molecule has 0 saturated heterocycles. The number of alkyl carbamates (subject to hydrolysis) is 1. The fourth-order valence-electron chi connectivity index (χ4n) is 1.65. The predicted molar refractivity (Wildman–Crippen MR) is 77.0 cm³/mol. The van der Waals surface area contributed by atoms with Crippen molar-refractivity contribution in [3.8, 4) is 0 Å². The van der Waals surface area contributed by atoms with Crippen LogP contribution in [0.1, 0.15) is 42.7 Å². The third-order valence-electron chi connectivity index (χ3n) is 2.61. The Labute approximate surface area is 124 Å². The highest BCUT2D eigenvalue weighted by atomic mass is 16.6.